The van der Waals surface area contributed by atoms with Crippen LogP contribution >= 0.6 is 23.2 Å². The predicted octanol–water partition coefficient (Wildman–Crippen LogP) is 4.67. The van der Waals surface area contributed by atoms with Crippen LogP contribution in [0.25, 0.3) is 6.08 Å². The first-order chi connectivity index (χ1) is 11.0. The average molecular weight is 356 g/mol. The van der Waals surface area contributed by atoms with Crippen molar-refractivity contribution < 1.29 is 9.53 Å². The predicted molar refractivity (Wildman–Crippen MR) is 95.9 cm³/mol. The summed E-state index contributed by atoms with van der Waals surface area (Å²) in [7, 11) is 4.10. The summed E-state index contributed by atoms with van der Waals surface area (Å²) in [5.74, 6) is 0.0990. The first-order valence-electron chi connectivity index (χ1n) is 7.94. The van der Waals surface area contributed by atoms with Gasteiger partial charge in [0.2, 0.25) is 0 Å². The number of rotatable bonds is 5. The summed E-state index contributed by atoms with van der Waals surface area (Å²) < 4.78 is 5.67. The Bertz CT molecular complexity index is 572. The van der Waals surface area contributed by atoms with E-state index in [1.165, 1.54) is 12.5 Å². The van der Waals surface area contributed by atoms with E-state index in [2.05, 4.69) is 19.0 Å². The maximum atomic E-state index is 12.1. The highest BCUT2D eigenvalue weighted by Gasteiger charge is 2.28. The first kappa shape index (κ1) is 18.3. The summed E-state index contributed by atoms with van der Waals surface area (Å²) in [5, 5.41) is 1.09. The molecule has 3 nitrogen and oxygen atoms in total. The van der Waals surface area contributed by atoms with Crippen molar-refractivity contribution >= 4 is 35.2 Å². The Morgan fingerprint density at radius 3 is 2.74 bits per heavy atom. The van der Waals surface area contributed by atoms with Gasteiger partial charge >= 0.3 is 5.97 Å². The minimum absolute atomic E-state index is 0.00369. The van der Waals surface area contributed by atoms with E-state index in [1.807, 2.05) is 0 Å². The molecule has 2 rings (SSSR count). The van der Waals surface area contributed by atoms with Crippen molar-refractivity contribution in [2.24, 2.45) is 5.92 Å². The molecule has 0 radical (unpaired) electrons. The van der Waals surface area contributed by atoms with Crippen LogP contribution in [0.2, 0.25) is 10.0 Å². The second kappa shape index (κ2) is 8.72. The number of carbonyl (C=O) groups excluding carboxylic acids is 1. The SMILES string of the molecule is CN(C)CC1CCCCC1OC(=O)/C=C/c1ccc(Cl)cc1Cl. The largest absolute Gasteiger partial charge is 0.459 e. The fourth-order valence-corrected chi connectivity index (χ4v) is 3.46. The lowest BCUT2D eigenvalue weighted by Crippen LogP contribution is -2.36. The van der Waals surface area contributed by atoms with E-state index >= 15 is 0 Å². The lowest BCUT2D eigenvalue weighted by molar-refractivity contribution is -0.147. The minimum Gasteiger partial charge on any atom is -0.459 e. The second-order valence-corrected chi connectivity index (χ2v) is 7.12. The number of benzene rings is 1. The van der Waals surface area contributed by atoms with Crippen LogP contribution in [0.15, 0.2) is 24.3 Å². The zero-order valence-electron chi connectivity index (χ0n) is 13.6. The van der Waals surface area contributed by atoms with Crippen molar-refractivity contribution in [1.29, 1.82) is 0 Å². The maximum Gasteiger partial charge on any atom is 0.331 e. The van der Waals surface area contributed by atoms with Gasteiger partial charge in [-0.1, -0.05) is 35.7 Å². The third-order valence-corrected chi connectivity index (χ3v) is 4.63. The third kappa shape index (κ3) is 5.83. The second-order valence-electron chi connectivity index (χ2n) is 6.28. The fraction of sp³-hybridized carbons (Fsp3) is 0.500. The van der Waals surface area contributed by atoms with Crippen LogP contribution < -0.4 is 0 Å². The van der Waals surface area contributed by atoms with E-state index in [0.717, 1.165) is 31.4 Å². The summed E-state index contributed by atoms with van der Waals surface area (Å²) in [6.07, 6.45) is 7.50. The van der Waals surface area contributed by atoms with Crippen molar-refractivity contribution in [2.45, 2.75) is 31.8 Å². The summed E-state index contributed by atoms with van der Waals surface area (Å²) >= 11 is 12.0. The van der Waals surface area contributed by atoms with Crippen LogP contribution in [-0.2, 0) is 9.53 Å². The number of hydrogen-bond acceptors (Lipinski definition) is 3. The molecule has 1 aromatic carbocycles. The van der Waals surface area contributed by atoms with Gasteiger partial charge in [0, 0.05) is 28.6 Å². The van der Waals surface area contributed by atoms with Gasteiger partial charge in [-0.25, -0.2) is 4.79 Å². The van der Waals surface area contributed by atoms with Crippen molar-refractivity contribution in [3.63, 3.8) is 0 Å². The summed E-state index contributed by atoms with van der Waals surface area (Å²) in [6.45, 7) is 0.949. The topological polar surface area (TPSA) is 29.5 Å². The highest BCUT2D eigenvalue weighted by molar-refractivity contribution is 6.35. The Morgan fingerprint density at radius 1 is 1.30 bits per heavy atom. The van der Waals surface area contributed by atoms with Crippen LogP contribution in [0, 0.1) is 5.92 Å². The van der Waals surface area contributed by atoms with E-state index in [1.54, 1.807) is 24.3 Å². The van der Waals surface area contributed by atoms with Gasteiger partial charge in [-0.15, -0.1) is 0 Å². The highest BCUT2D eigenvalue weighted by Crippen LogP contribution is 2.28. The maximum absolute atomic E-state index is 12.1. The molecule has 1 aliphatic carbocycles. The first-order valence-corrected chi connectivity index (χ1v) is 8.70. The van der Waals surface area contributed by atoms with Gasteiger partial charge in [0.1, 0.15) is 6.10 Å². The molecule has 0 N–H and O–H groups in total. The molecule has 5 heteroatoms. The molecule has 1 aliphatic rings. The van der Waals surface area contributed by atoms with Gasteiger partial charge in [0.25, 0.3) is 0 Å². The van der Waals surface area contributed by atoms with E-state index < -0.39 is 0 Å². The van der Waals surface area contributed by atoms with Gasteiger partial charge in [0.15, 0.2) is 0 Å². The summed E-state index contributed by atoms with van der Waals surface area (Å²) in [5.41, 5.74) is 0.751. The Kier molecular flexibility index (Phi) is 6.94. The van der Waals surface area contributed by atoms with Crippen molar-refractivity contribution in [3.8, 4) is 0 Å². The Balaban J connectivity index is 1.95. The van der Waals surface area contributed by atoms with Crippen LogP contribution in [-0.4, -0.2) is 37.6 Å². The fourth-order valence-electron chi connectivity index (χ4n) is 2.99. The molecule has 2 unspecified atom stereocenters. The number of ether oxygens (including phenoxy) is 1. The molecule has 1 fully saturated rings. The van der Waals surface area contributed by atoms with Crippen molar-refractivity contribution in [1.82, 2.24) is 4.90 Å². The highest BCUT2D eigenvalue weighted by atomic mass is 35.5. The van der Waals surface area contributed by atoms with Gasteiger partial charge in [-0.3, -0.25) is 0 Å². The molecule has 1 aromatic rings. The smallest absolute Gasteiger partial charge is 0.331 e. The molecule has 0 amide bonds. The monoisotopic (exact) mass is 355 g/mol. The van der Waals surface area contributed by atoms with Gasteiger partial charge in [-0.2, -0.15) is 0 Å². The minimum atomic E-state index is -0.313. The zero-order valence-corrected chi connectivity index (χ0v) is 15.1. The molecule has 0 heterocycles. The molecule has 0 aromatic heterocycles. The van der Waals surface area contributed by atoms with E-state index in [9.17, 15) is 4.79 Å². The van der Waals surface area contributed by atoms with Gasteiger partial charge in [0.05, 0.1) is 0 Å². The number of hydrogen-bond donors (Lipinski definition) is 0. The summed E-state index contributed by atoms with van der Waals surface area (Å²) in [4.78, 5) is 14.3. The molecule has 126 valence electrons. The number of halogens is 2. The zero-order chi connectivity index (χ0) is 16.8. The van der Waals surface area contributed by atoms with Crippen LogP contribution in [0.3, 0.4) is 0 Å². The van der Waals surface area contributed by atoms with Crippen LogP contribution in [0.5, 0.6) is 0 Å². The van der Waals surface area contributed by atoms with E-state index in [4.69, 9.17) is 27.9 Å². The number of carbonyl (C=O) groups is 1. The van der Waals surface area contributed by atoms with Gasteiger partial charge < -0.3 is 9.64 Å². The van der Waals surface area contributed by atoms with Crippen molar-refractivity contribution in [2.75, 3.05) is 20.6 Å². The Hall–Kier alpha value is -1.03. The van der Waals surface area contributed by atoms with E-state index in [-0.39, 0.29) is 12.1 Å². The third-order valence-electron chi connectivity index (χ3n) is 4.07. The van der Waals surface area contributed by atoms with Gasteiger partial charge in [-0.05, 0) is 57.1 Å². The molecule has 2 atom stereocenters. The Labute approximate surface area is 148 Å². The number of nitrogens with zero attached hydrogens (tertiary/aromatic N) is 1. The van der Waals surface area contributed by atoms with E-state index in [0.29, 0.717) is 16.0 Å². The molecular formula is C18H23Cl2NO2. The van der Waals surface area contributed by atoms with Crippen LogP contribution in [0.4, 0.5) is 0 Å². The van der Waals surface area contributed by atoms with Crippen molar-refractivity contribution in [3.05, 3.63) is 39.9 Å². The average Bonchev–Trinajstić information content (AvgIpc) is 2.48. The lowest BCUT2D eigenvalue weighted by atomic mass is 9.86. The molecule has 0 spiro atoms. The molecule has 0 bridgehead atoms. The molecule has 0 saturated heterocycles. The molecular weight excluding hydrogens is 333 g/mol. The molecule has 1 saturated carbocycles. The standard InChI is InChI=1S/C18H23Cl2NO2/c1-21(2)12-14-5-3-4-6-17(14)23-18(22)10-8-13-7-9-15(19)11-16(13)20/h7-11,14,17H,3-6,12H2,1-2H3/b10-8+. The van der Waals surface area contributed by atoms with Crippen LogP contribution in [0.1, 0.15) is 31.2 Å². The number of esters is 1. The molecule has 23 heavy (non-hydrogen) atoms. The quantitative estimate of drug-likeness (QED) is 0.567. The summed E-state index contributed by atoms with van der Waals surface area (Å²) in [6, 6.07) is 5.18. The molecule has 0 aliphatic heterocycles. The Morgan fingerprint density at radius 2 is 2.04 bits per heavy atom. The lowest BCUT2D eigenvalue weighted by Gasteiger charge is -2.32. The normalized spacial score (nSPS) is 21.8.